The number of urea groups is 1. The van der Waals surface area contributed by atoms with E-state index in [1.54, 1.807) is 14.2 Å². The first kappa shape index (κ1) is 26.1. The van der Waals surface area contributed by atoms with Gasteiger partial charge in [-0.2, -0.15) is 0 Å². The number of methoxy groups -OCH3 is 2. The molecule has 2 amide bonds. The normalized spacial score (nSPS) is 18.0. The van der Waals surface area contributed by atoms with Crippen molar-refractivity contribution in [1.29, 1.82) is 0 Å². The largest absolute Gasteiger partial charge is 0.497 e. The van der Waals surface area contributed by atoms with Gasteiger partial charge in [0.1, 0.15) is 11.5 Å². The Morgan fingerprint density at radius 1 is 0.912 bits per heavy atom. The maximum Gasteiger partial charge on any atom is 0.321 e. The molecule has 1 N–H and O–H groups in total. The average Bonchev–Trinajstić information content (AvgIpc) is 3.12. The van der Waals surface area contributed by atoms with Crippen molar-refractivity contribution in [2.24, 2.45) is 0 Å². The van der Waals surface area contributed by atoms with E-state index < -0.39 is 0 Å². The van der Waals surface area contributed by atoms with Crippen molar-refractivity contribution in [2.75, 3.05) is 58.8 Å². The third-order valence-electron chi connectivity index (χ3n) is 6.81. The zero-order chi connectivity index (χ0) is 23.0. The van der Waals surface area contributed by atoms with E-state index in [0.717, 1.165) is 63.7 Å². The molecule has 8 heteroatoms. The van der Waals surface area contributed by atoms with Crippen LogP contribution >= 0.6 is 12.4 Å². The highest BCUT2D eigenvalue weighted by Gasteiger charge is 2.27. The minimum absolute atomic E-state index is 0. The number of likely N-dealkylation sites (tertiary alicyclic amines) is 1. The van der Waals surface area contributed by atoms with Crippen LogP contribution in [0, 0.1) is 0 Å². The Labute approximate surface area is 209 Å². The summed E-state index contributed by atoms with van der Waals surface area (Å²) in [6, 6.07) is 16.5. The van der Waals surface area contributed by atoms with Gasteiger partial charge < -0.3 is 19.7 Å². The summed E-state index contributed by atoms with van der Waals surface area (Å²) in [6.07, 6.45) is 3.37. The molecule has 0 unspecified atom stereocenters. The highest BCUT2D eigenvalue weighted by atomic mass is 35.5. The van der Waals surface area contributed by atoms with Crippen LogP contribution in [0.15, 0.2) is 48.5 Å². The number of hydrogen-bond acceptors (Lipinski definition) is 5. The number of rotatable bonds is 6. The fourth-order valence-electron chi connectivity index (χ4n) is 4.88. The Hall–Kier alpha value is -2.48. The minimum atomic E-state index is -0.0457. The van der Waals surface area contributed by atoms with Crippen LogP contribution in [0.25, 0.3) is 0 Å². The van der Waals surface area contributed by atoms with Gasteiger partial charge in [0.15, 0.2) is 0 Å². The standard InChI is InChI=1S/C26H36N4O3.ClH/c1-32-23-10-8-21(9-11-23)20-28-16-12-22(13-17-28)29-14-5-15-30(19-18-29)26(31)27-24-6-3-4-7-25(24)33-2;/h3-4,6-11,22H,5,12-20H2,1-2H3,(H,27,31);1H. The van der Waals surface area contributed by atoms with Crippen molar-refractivity contribution < 1.29 is 14.3 Å². The number of nitrogens with zero attached hydrogens (tertiary/aromatic N) is 3. The lowest BCUT2D eigenvalue weighted by atomic mass is 10.0. The highest BCUT2D eigenvalue weighted by Crippen LogP contribution is 2.24. The van der Waals surface area contributed by atoms with E-state index in [2.05, 4.69) is 27.2 Å². The van der Waals surface area contributed by atoms with Gasteiger partial charge in [0.2, 0.25) is 0 Å². The van der Waals surface area contributed by atoms with Crippen LogP contribution < -0.4 is 14.8 Å². The lowest BCUT2D eigenvalue weighted by Crippen LogP contribution is -2.46. The Morgan fingerprint density at radius 2 is 1.65 bits per heavy atom. The SMILES string of the molecule is COc1ccc(CN2CCC(N3CCCN(C(=O)Nc4ccccc4OC)CC3)CC2)cc1.Cl. The summed E-state index contributed by atoms with van der Waals surface area (Å²) in [6.45, 7) is 6.76. The Kier molecular flexibility index (Phi) is 9.86. The van der Waals surface area contributed by atoms with E-state index in [4.69, 9.17) is 9.47 Å². The molecule has 2 aliphatic heterocycles. The van der Waals surface area contributed by atoms with Gasteiger partial charge in [0.05, 0.1) is 19.9 Å². The predicted molar refractivity (Wildman–Crippen MR) is 138 cm³/mol. The Morgan fingerprint density at radius 3 is 2.35 bits per heavy atom. The third kappa shape index (κ3) is 6.78. The van der Waals surface area contributed by atoms with E-state index >= 15 is 0 Å². The molecule has 0 saturated carbocycles. The maximum atomic E-state index is 12.9. The van der Waals surface area contributed by atoms with Crippen molar-refractivity contribution in [1.82, 2.24) is 14.7 Å². The lowest BCUT2D eigenvalue weighted by Gasteiger charge is -2.38. The zero-order valence-electron chi connectivity index (χ0n) is 20.2. The summed E-state index contributed by atoms with van der Waals surface area (Å²) in [7, 11) is 3.33. The molecule has 0 spiro atoms. The maximum absolute atomic E-state index is 12.9. The first-order valence-electron chi connectivity index (χ1n) is 11.9. The Bertz CT molecular complexity index is 903. The van der Waals surface area contributed by atoms with Gasteiger partial charge in [-0.25, -0.2) is 4.79 Å². The average molecular weight is 489 g/mol. The number of amides is 2. The Balaban J connectivity index is 0.00000324. The molecule has 7 nitrogen and oxygen atoms in total. The molecule has 0 atom stereocenters. The van der Waals surface area contributed by atoms with E-state index in [-0.39, 0.29) is 18.4 Å². The molecule has 2 aromatic rings. The molecule has 0 radical (unpaired) electrons. The van der Waals surface area contributed by atoms with Gasteiger partial charge in [-0.3, -0.25) is 9.80 Å². The van der Waals surface area contributed by atoms with E-state index in [1.165, 1.54) is 18.4 Å². The van der Waals surface area contributed by atoms with Crippen LogP contribution in [0.4, 0.5) is 10.5 Å². The number of carbonyl (C=O) groups excluding carboxylic acids is 1. The topological polar surface area (TPSA) is 57.3 Å². The van der Waals surface area contributed by atoms with Gasteiger partial charge >= 0.3 is 6.03 Å². The molecule has 2 aromatic carbocycles. The minimum Gasteiger partial charge on any atom is -0.497 e. The molecule has 2 heterocycles. The summed E-state index contributed by atoms with van der Waals surface area (Å²) >= 11 is 0. The van der Waals surface area contributed by atoms with Crippen LogP contribution in [0.5, 0.6) is 11.5 Å². The van der Waals surface area contributed by atoms with Crippen LogP contribution in [0.2, 0.25) is 0 Å². The number of ether oxygens (including phenoxy) is 2. The molecule has 0 aromatic heterocycles. The van der Waals surface area contributed by atoms with E-state index in [1.807, 2.05) is 41.3 Å². The number of anilines is 1. The van der Waals surface area contributed by atoms with Crippen LogP contribution in [-0.4, -0.2) is 80.3 Å². The van der Waals surface area contributed by atoms with Gasteiger partial charge in [0, 0.05) is 38.8 Å². The molecule has 2 fully saturated rings. The van der Waals surface area contributed by atoms with Crippen LogP contribution in [0.3, 0.4) is 0 Å². The number of nitrogens with one attached hydrogen (secondary N) is 1. The molecule has 0 aliphatic carbocycles. The number of halogens is 1. The van der Waals surface area contributed by atoms with Crippen molar-refractivity contribution >= 4 is 24.1 Å². The summed E-state index contributed by atoms with van der Waals surface area (Å²) < 4.78 is 10.6. The molecule has 186 valence electrons. The van der Waals surface area contributed by atoms with E-state index in [9.17, 15) is 4.79 Å². The molecule has 2 aliphatic rings. The first-order valence-corrected chi connectivity index (χ1v) is 11.9. The van der Waals surface area contributed by atoms with Crippen molar-refractivity contribution in [3.05, 3.63) is 54.1 Å². The molecule has 4 rings (SSSR count). The quantitative estimate of drug-likeness (QED) is 0.656. The monoisotopic (exact) mass is 488 g/mol. The smallest absolute Gasteiger partial charge is 0.321 e. The third-order valence-corrected chi connectivity index (χ3v) is 6.81. The highest BCUT2D eigenvalue weighted by molar-refractivity contribution is 5.91. The molecular formula is C26H37ClN4O3. The van der Waals surface area contributed by atoms with Gasteiger partial charge in [-0.15, -0.1) is 12.4 Å². The molecule has 0 bridgehead atoms. The first-order chi connectivity index (χ1) is 16.2. The summed E-state index contributed by atoms with van der Waals surface area (Å²) in [5.41, 5.74) is 2.05. The van der Waals surface area contributed by atoms with Crippen LogP contribution in [0.1, 0.15) is 24.8 Å². The molecule has 2 saturated heterocycles. The fourth-order valence-corrected chi connectivity index (χ4v) is 4.88. The van der Waals surface area contributed by atoms with E-state index in [0.29, 0.717) is 11.8 Å². The fraction of sp³-hybridized carbons (Fsp3) is 0.500. The number of benzene rings is 2. The second-order valence-corrected chi connectivity index (χ2v) is 8.86. The second-order valence-electron chi connectivity index (χ2n) is 8.86. The number of para-hydroxylation sites is 2. The number of hydrogen-bond donors (Lipinski definition) is 1. The molecular weight excluding hydrogens is 452 g/mol. The summed E-state index contributed by atoms with van der Waals surface area (Å²) in [5.74, 6) is 1.59. The molecule has 34 heavy (non-hydrogen) atoms. The number of piperidine rings is 1. The van der Waals surface area contributed by atoms with Gasteiger partial charge in [-0.1, -0.05) is 24.3 Å². The van der Waals surface area contributed by atoms with Gasteiger partial charge in [-0.05, 0) is 62.2 Å². The van der Waals surface area contributed by atoms with Crippen LogP contribution in [-0.2, 0) is 6.54 Å². The van der Waals surface area contributed by atoms with Crippen molar-refractivity contribution in [2.45, 2.75) is 31.8 Å². The van der Waals surface area contributed by atoms with Crippen molar-refractivity contribution in [3.63, 3.8) is 0 Å². The summed E-state index contributed by atoms with van der Waals surface area (Å²) in [5, 5.41) is 3.02. The zero-order valence-corrected chi connectivity index (χ0v) is 21.1. The summed E-state index contributed by atoms with van der Waals surface area (Å²) in [4.78, 5) is 19.9. The second kappa shape index (κ2) is 12.8. The van der Waals surface area contributed by atoms with Crippen molar-refractivity contribution in [3.8, 4) is 11.5 Å². The predicted octanol–water partition coefficient (Wildman–Crippen LogP) is 4.33. The number of carbonyl (C=O) groups is 1. The van der Waals surface area contributed by atoms with Gasteiger partial charge in [0.25, 0.3) is 0 Å². The lowest BCUT2D eigenvalue weighted by molar-refractivity contribution is 0.108.